The van der Waals surface area contributed by atoms with Gasteiger partial charge in [-0.25, -0.2) is 8.78 Å². The minimum absolute atomic E-state index is 0.00488. The number of ether oxygens (including phenoxy) is 1. The first kappa shape index (κ1) is 26.1. The van der Waals surface area contributed by atoms with Crippen molar-refractivity contribution in [3.05, 3.63) is 163 Å². The van der Waals surface area contributed by atoms with Crippen molar-refractivity contribution in [1.82, 2.24) is 0 Å². The van der Waals surface area contributed by atoms with Gasteiger partial charge in [-0.3, -0.25) is 0 Å². The summed E-state index contributed by atoms with van der Waals surface area (Å²) in [6.07, 6.45) is 17.3. The lowest BCUT2D eigenvalue weighted by molar-refractivity contribution is 0.242. The molecule has 0 radical (unpaired) electrons. The first-order valence-corrected chi connectivity index (χ1v) is 16.3. The second-order valence-electron chi connectivity index (χ2n) is 10.1. The van der Waals surface area contributed by atoms with Crippen LogP contribution in [0.1, 0.15) is 11.5 Å². The molecule has 0 spiro atoms. The van der Waals surface area contributed by atoms with Crippen LogP contribution in [-0.2, 0) is 21.8 Å². The lowest BCUT2D eigenvalue weighted by Gasteiger charge is -2.30. The first-order valence-electron chi connectivity index (χ1n) is 13.7. The third kappa shape index (κ3) is 4.98. The van der Waals surface area contributed by atoms with Gasteiger partial charge in [0.15, 0.2) is 37.0 Å². The van der Waals surface area contributed by atoms with E-state index in [2.05, 4.69) is 72.9 Å². The van der Waals surface area contributed by atoms with Crippen molar-refractivity contribution in [3.8, 4) is 5.75 Å². The Morgan fingerprint density at radius 3 is 1.76 bits per heavy atom. The molecule has 6 atom stereocenters. The number of allylic oxidation sites excluding steroid dienone is 5. The van der Waals surface area contributed by atoms with Gasteiger partial charge in [0.05, 0.1) is 27.7 Å². The van der Waals surface area contributed by atoms with E-state index in [4.69, 9.17) is 4.74 Å². The molecule has 8 rings (SSSR count). The molecule has 41 heavy (non-hydrogen) atoms. The Balaban J connectivity index is 0.000000135. The fraction of sp³-hybridized carbons (Fsp3) is 0.111. The van der Waals surface area contributed by atoms with Crippen molar-refractivity contribution in [1.29, 1.82) is 0 Å². The van der Waals surface area contributed by atoms with E-state index in [-0.39, 0.29) is 44.8 Å². The third-order valence-corrected chi connectivity index (χ3v) is 12.8. The zero-order chi connectivity index (χ0) is 27.8. The molecule has 6 unspecified atom stereocenters. The summed E-state index contributed by atoms with van der Waals surface area (Å²) in [4.78, 5) is 4.99. The van der Waals surface area contributed by atoms with Crippen molar-refractivity contribution in [2.75, 3.05) is 0 Å². The number of hydrogen-bond donors (Lipinski definition) is 0. The molecule has 4 aromatic carbocycles. The molecule has 0 aromatic heterocycles. The summed E-state index contributed by atoms with van der Waals surface area (Å²) in [5, 5.41) is 0.748. The lowest BCUT2D eigenvalue weighted by atomic mass is 9.93. The van der Waals surface area contributed by atoms with Crippen LogP contribution < -0.4 is 4.74 Å². The van der Waals surface area contributed by atoms with Gasteiger partial charge in [0.2, 0.25) is 4.90 Å². The Morgan fingerprint density at radius 1 is 0.512 bits per heavy atom. The molecule has 2 aliphatic carbocycles. The van der Waals surface area contributed by atoms with Gasteiger partial charge in [0.25, 0.3) is 0 Å². The molecule has 4 aromatic rings. The zero-order valence-electron chi connectivity index (χ0n) is 22.1. The van der Waals surface area contributed by atoms with E-state index in [1.807, 2.05) is 48.5 Å². The maximum Gasteiger partial charge on any atom is 0.203 e. The summed E-state index contributed by atoms with van der Waals surface area (Å²) in [6.45, 7) is 0. The molecule has 202 valence electrons. The first-order chi connectivity index (χ1) is 20.2. The highest BCUT2D eigenvalue weighted by Crippen LogP contribution is 2.47. The van der Waals surface area contributed by atoms with Crippen LogP contribution in [0.15, 0.2) is 165 Å². The maximum absolute atomic E-state index is 13.2. The minimum atomic E-state index is -0.195. The van der Waals surface area contributed by atoms with Gasteiger partial charge in [-0.2, -0.15) is 0 Å². The summed E-state index contributed by atoms with van der Waals surface area (Å²) in [5.74, 6) is 1.04. The van der Waals surface area contributed by atoms with E-state index >= 15 is 0 Å². The monoisotopic (exact) mass is 578 g/mol. The molecule has 4 aliphatic rings. The second-order valence-corrected chi connectivity index (χ2v) is 14.4. The number of rotatable bonds is 2. The molecule has 1 nitrogen and oxygen atoms in total. The molecule has 5 heteroatoms. The second kappa shape index (κ2) is 11.2. The lowest BCUT2D eigenvalue weighted by Crippen LogP contribution is -2.40. The minimum Gasteiger partial charge on any atom is -0.475 e. The van der Waals surface area contributed by atoms with Crippen LogP contribution in [0.5, 0.6) is 5.75 Å². The molecular weight excluding hydrogens is 551 g/mol. The normalized spacial score (nSPS) is 26.1. The Kier molecular flexibility index (Phi) is 7.15. The number of benzene rings is 4. The van der Waals surface area contributed by atoms with Gasteiger partial charge in [0, 0.05) is 5.56 Å². The molecule has 0 amide bonds. The van der Waals surface area contributed by atoms with Crippen LogP contribution in [0.4, 0.5) is 8.78 Å². The van der Waals surface area contributed by atoms with E-state index in [0.717, 1.165) is 10.6 Å². The van der Waals surface area contributed by atoms with E-state index in [0.29, 0.717) is 11.2 Å². The molecule has 2 heterocycles. The van der Waals surface area contributed by atoms with Crippen molar-refractivity contribution >= 4 is 21.8 Å². The van der Waals surface area contributed by atoms with Gasteiger partial charge in [-0.15, -0.1) is 0 Å². The Hall–Kier alpha value is -3.80. The Labute approximate surface area is 245 Å². The van der Waals surface area contributed by atoms with Crippen molar-refractivity contribution < 1.29 is 13.5 Å². The molecular formula is C36H28F2OS2+2. The largest absolute Gasteiger partial charge is 0.475 e. The predicted octanol–water partition coefficient (Wildman–Crippen LogP) is 8.57. The van der Waals surface area contributed by atoms with Crippen LogP contribution in [0.25, 0.3) is 0 Å². The Morgan fingerprint density at radius 2 is 1.05 bits per heavy atom. The summed E-state index contributed by atoms with van der Waals surface area (Å²) in [7, 11) is -0.133. The number of halogens is 2. The van der Waals surface area contributed by atoms with Crippen LogP contribution in [0.2, 0.25) is 0 Å². The smallest absolute Gasteiger partial charge is 0.203 e. The van der Waals surface area contributed by atoms with Gasteiger partial charge in [-0.05, 0) is 85.0 Å². The van der Waals surface area contributed by atoms with Crippen molar-refractivity contribution in [3.63, 3.8) is 0 Å². The van der Waals surface area contributed by atoms with E-state index in [1.165, 1.54) is 32.4 Å². The van der Waals surface area contributed by atoms with E-state index in [1.54, 1.807) is 12.1 Å². The highest BCUT2D eigenvalue weighted by atomic mass is 32.2. The van der Waals surface area contributed by atoms with Crippen LogP contribution in [0, 0.1) is 11.6 Å². The summed E-state index contributed by atoms with van der Waals surface area (Å²) in [6, 6.07) is 30.7. The van der Waals surface area contributed by atoms with Gasteiger partial charge >= 0.3 is 0 Å². The van der Waals surface area contributed by atoms with Gasteiger partial charge in [-0.1, -0.05) is 60.7 Å². The standard InChI is InChI=1S/C18H14FOS.C18H14FS/c19-13-9-11-14(12-10-13)21-17-7-3-1-5-15(17)20-16-6-2-4-8-18(16)21;19-13-9-11-14(12-10-13)20-17-7-3-1-5-15(17)16-6-2-4-8-18(16)20/h1-12,15,17H;1-12,15,17H/q2*+1. The van der Waals surface area contributed by atoms with Crippen molar-refractivity contribution in [2.45, 2.75) is 42.1 Å². The quantitative estimate of drug-likeness (QED) is 0.217. The number of hydrogen-bond acceptors (Lipinski definition) is 1. The van der Waals surface area contributed by atoms with Crippen LogP contribution >= 0.6 is 0 Å². The predicted molar refractivity (Wildman–Crippen MR) is 165 cm³/mol. The number of fused-ring (bicyclic) bond motifs is 5. The van der Waals surface area contributed by atoms with Gasteiger partial charge < -0.3 is 4.74 Å². The Bertz CT molecular complexity index is 1670. The fourth-order valence-electron chi connectivity index (χ4n) is 5.83. The molecule has 0 saturated heterocycles. The zero-order valence-corrected chi connectivity index (χ0v) is 23.8. The molecule has 0 bridgehead atoms. The molecule has 0 N–H and O–H groups in total. The maximum atomic E-state index is 13.2. The summed E-state index contributed by atoms with van der Waals surface area (Å²) in [5.41, 5.74) is 1.42. The third-order valence-electron chi connectivity index (χ3n) is 7.66. The van der Waals surface area contributed by atoms with Gasteiger partial charge in [0.1, 0.15) is 11.6 Å². The average Bonchev–Trinajstić information content (AvgIpc) is 3.36. The van der Waals surface area contributed by atoms with Crippen LogP contribution in [-0.4, -0.2) is 16.6 Å². The van der Waals surface area contributed by atoms with E-state index < -0.39 is 0 Å². The topological polar surface area (TPSA) is 9.23 Å². The molecule has 0 saturated carbocycles. The summed E-state index contributed by atoms with van der Waals surface area (Å²) >= 11 is 0. The summed E-state index contributed by atoms with van der Waals surface area (Å²) < 4.78 is 32.5. The SMILES string of the molecule is Fc1ccc([S+]2c3ccccc3C3C=CC=CC32)cc1.Fc1ccc([S+]2c3ccccc3OC3C=CC=CC32)cc1. The highest BCUT2D eigenvalue weighted by molar-refractivity contribution is 7.98. The number of para-hydroxylation sites is 1. The van der Waals surface area contributed by atoms with E-state index in [9.17, 15) is 8.78 Å². The van der Waals surface area contributed by atoms with Crippen LogP contribution in [0.3, 0.4) is 0 Å². The average molecular weight is 579 g/mol. The molecule has 2 aliphatic heterocycles. The van der Waals surface area contributed by atoms with Crippen molar-refractivity contribution in [2.24, 2.45) is 0 Å². The fourth-order valence-corrected chi connectivity index (χ4v) is 11.1. The molecule has 0 fully saturated rings. The highest BCUT2D eigenvalue weighted by Gasteiger charge is 2.49.